The van der Waals surface area contributed by atoms with Gasteiger partial charge >= 0.3 is 0 Å². The van der Waals surface area contributed by atoms with Crippen LogP contribution in [0.2, 0.25) is 0 Å². The van der Waals surface area contributed by atoms with Gasteiger partial charge in [0, 0.05) is 0 Å². The Morgan fingerprint density at radius 2 is 1.90 bits per heavy atom. The highest BCUT2D eigenvalue weighted by Gasteiger charge is 2.13. The Morgan fingerprint density at radius 1 is 1.15 bits per heavy atom. The van der Waals surface area contributed by atoms with Gasteiger partial charge in [-0.2, -0.15) is 0 Å². The number of ether oxygens (including phenoxy) is 1. The van der Waals surface area contributed by atoms with Crippen LogP contribution in [0, 0.1) is 19.7 Å². The van der Waals surface area contributed by atoms with Gasteiger partial charge in [0.2, 0.25) is 0 Å². The molecule has 2 aromatic rings. The second kappa shape index (κ2) is 6.27. The molecule has 1 nitrogen and oxygen atoms in total. The third-order valence-electron chi connectivity index (χ3n) is 3.44. The van der Waals surface area contributed by atoms with Gasteiger partial charge in [0.25, 0.3) is 0 Å². The van der Waals surface area contributed by atoms with Gasteiger partial charge in [0.05, 0.1) is 12.5 Å². The molecule has 0 aliphatic carbocycles. The molecule has 0 N–H and O–H groups in total. The van der Waals surface area contributed by atoms with Crippen molar-refractivity contribution in [2.75, 3.05) is 7.11 Å². The predicted octanol–water partition coefficient (Wildman–Crippen LogP) is 4.97. The van der Waals surface area contributed by atoms with E-state index in [9.17, 15) is 4.39 Å². The van der Waals surface area contributed by atoms with Crippen LogP contribution in [0.1, 0.15) is 27.6 Å². The molecule has 0 fully saturated rings. The van der Waals surface area contributed by atoms with Crippen molar-refractivity contribution in [3.05, 3.63) is 64.5 Å². The molecule has 0 radical (unpaired) electrons. The van der Waals surface area contributed by atoms with Gasteiger partial charge in [-0.25, -0.2) is 4.39 Å². The topological polar surface area (TPSA) is 9.23 Å². The smallest absolute Gasteiger partial charge is 0.165 e. The zero-order valence-corrected chi connectivity index (χ0v) is 12.7. The number of methoxy groups -OCH3 is 1. The second-order valence-electron chi connectivity index (χ2n) is 5.00. The summed E-state index contributed by atoms with van der Waals surface area (Å²) in [6.07, 6.45) is 0.712. The highest BCUT2D eigenvalue weighted by molar-refractivity contribution is 6.21. The average molecular weight is 293 g/mol. The molecule has 3 heteroatoms. The van der Waals surface area contributed by atoms with Gasteiger partial charge in [-0.1, -0.05) is 29.8 Å². The first kappa shape index (κ1) is 14.9. The highest BCUT2D eigenvalue weighted by atomic mass is 35.5. The van der Waals surface area contributed by atoms with E-state index in [0.29, 0.717) is 6.42 Å². The lowest BCUT2D eigenvalue weighted by molar-refractivity contribution is 0.386. The summed E-state index contributed by atoms with van der Waals surface area (Å²) in [7, 11) is 1.45. The van der Waals surface area contributed by atoms with Gasteiger partial charge in [-0.15, -0.1) is 11.6 Å². The Labute approximate surface area is 124 Å². The van der Waals surface area contributed by atoms with Crippen molar-refractivity contribution in [1.82, 2.24) is 0 Å². The summed E-state index contributed by atoms with van der Waals surface area (Å²) in [5.41, 5.74) is 4.51. The number of aryl methyl sites for hydroxylation is 2. The molecular formula is C17H18ClFO. The minimum Gasteiger partial charge on any atom is -0.494 e. The molecule has 0 spiro atoms. The number of halogens is 2. The lowest BCUT2D eigenvalue weighted by Gasteiger charge is -2.14. The molecule has 2 aromatic carbocycles. The van der Waals surface area contributed by atoms with Crippen molar-refractivity contribution in [2.24, 2.45) is 0 Å². The Hall–Kier alpha value is -1.54. The summed E-state index contributed by atoms with van der Waals surface area (Å²) in [5.74, 6) is -0.138. The van der Waals surface area contributed by atoms with Crippen LogP contribution in [0.4, 0.5) is 4.39 Å². The van der Waals surface area contributed by atoms with Crippen molar-refractivity contribution < 1.29 is 9.13 Å². The van der Waals surface area contributed by atoms with E-state index in [1.807, 2.05) is 0 Å². The monoisotopic (exact) mass is 292 g/mol. The second-order valence-corrected chi connectivity index (χ2v) is 5.52. The van der Waals surface area contributed by atoms with Crippen molar-refractivity contribution >= 4 is 11.6 Å². The van der Waals surface area contributed by atoms with E-state index in [1.165, 1.54) is 29.9 Å². The summed E-state index contributed by atoms with van der Waals surface area (Å²) in [5, 5.41) is -0.204. The fourth-order valence-electron chi connectivity index (χ4n) is 2.20. The zero-order valence-electron chi connectivity index (χ0n) is 11.9. The molecule has 0 saturated heterocycles. The minimum absolute atomic E-state index is 0.204. The quantitative estimate of drug-likeness (QED) is 0.723. The molecule has 2 rings (SSSR count). The van der Waals surface area contributed by atoms with Gasteiger partial charge in [-0.3, -0.25) is 0 Å². The van der Waals surface area contributed by atoms with Gasteiger partial charge in [-0.05, 0) is 49.1 Å². The zero-order chi connectivity index (χ0) is 14.7. The Kier molecular flexibility index (Phi) is 4.66. The lowest BCUT2D eigenvalue weighted by Crippen LogP contribution is -2.00. The molecular weight excluding hydrogens is 275 g/mol. The summed E-state index contributed by atoms with van der Waals surface area (Å²) >= 11 is 6.47. The van der Waals surface area contributed by atoms with E-state index in [2.05, 4.69) is 32.0 Å². The predicted molar refractivity (Wildman–Crippen MR) is 81.2 cm³/mol. The Bertz CT molecular complexity index is 610. The SMILES string of the molecule is COc1cc(C(Cl)Cc2cc(C)ccc2C)ccc1F. The molecule has 0 heterocycles. The molecule has 0 aliphatic rings. The average Bonchev–Trinajstić information content (AvgIpc) is 2.43. The van der Waals surface area contributed by atoms with Crippen LogP contribution in [0.3, 0.4) is 0 Å². The van der Waals surface area contributed by atoms with E-state index in [4.69, 9.17) is 16.3 Å². The van der Waals surface area contributed by atoms with Crippen molar-refractivity contribution in [1.29, 1.82) is 0 Å². The standard InChI is InChI=1S/C17H18ClFO/c1-11-4-5-12(2)14(8-11)9-15(18)13-6-7-16(19)17(10-13)20-3/h4-8,10,15H,9H2,1-3H3. The molecule has 106 valence electrons. The summed E-state index contributed by atoms with van der Waals surface area (Å²) < 4.78 is 18.4. The van der Waals surface area contributed by atoms with Crippen molar-refractivity contribution in [3.8, 4) is 5.75 Å². The summed E-state index contributed by atoms with van der Waals surface area (Å²) in [4.78, 5) is 0. The molecule has 20 heavy (non-hydrogen) atoms. The maximum atomic E-state index is 13.4. The fourth-order valence-corrected chi connectivity index (χ4v) is 2.50. The first-order chi connectivity index (χ1) is 9.51. The lowest BCUT2D eigenvalue weighted by atomic mass is 9.98. The van der Waals surface area contributed by atoms with Crippen LogP contribution in [0.5, 0.6) is 5.75 Å². The van der Waals surface area contributed by atoms with Crippen LogP contribution < -0.4 is 4.74 Å². The van der Waals surface area contributed by atoms with Crippen LogP contribution in [-0.4, -0.2) is 7.11 Å². The first-order valence-corrected chi connectivity index (χ1v) is 6.98. The summed E-state index contributed by atoms with van der Waals surface area (Å²) in [6.45, 7) is 4.14. The van der Waals surface area contributed by atoms with Crippen LogP contribution in [0.25, 0.3) is 0 Å². The maximum Gasteiger partial charge on any atom is 0.165 e. The van der Waals surface area contributed by atoms with Gasteiger partial charge in [0.1, 0.15) is 0 Å². The van der Waals surface area contributed by atoms with E-state index < -0.39 is 0 Å². The molecule has 0 aliphatic heterocycles. The number of benzene rings is 2. The van der Waals surface area contributed by atoms with Gasteiger partial charge < -0.3 is 4.74 Å². The molecule has 0 aromatic heterocycles. The normalized spacial score (nSPS) is 12.2. The van der Waals surface area contributed by atoms with Crippen molar-refractivity contribution in [2.45, 2.75) is 25.6 Å². The largest absolute Gasteiger partial charge is 0.494 e. The Balaban J connectivity index is 2.23. The maximum absolute atomic E-state index is 13.4. The summed E-state index contributed by atoms with van der Waals surface area (Å²) in [6, 6.07) is 11.1. The number of hydrogen-bond donors (Lipinski definition) is 0. The molecule has 0 bridgehead atoms. The Morgan fingerprint density at radius 3 is 2.60 bits per heavy atom. The van der Waals surface area contributed by atoms with E-state index >= 15 is 0 Å². The van der Waals surface area contributed by atoms with E-state index in [0.717, 1.165) is 5.56 Å². The molecule has 1 unspecified atom stereocenters. The number of rotatable bonds is 4. The minimum atomic E-state index is -0.369. The van der Waals surface area contributed by atoms with E-state index in [1.54, 1.807) is 12.1 Å². The van der Waals surface area contributed by atoms with Gasteiger partial charge in [0.15, 0.2) is 11.6 Å². The van der Waals surface area contributed by atoms with Crippen LogP contribution in [0.15, 0.2) is 36.4 Å². The fraction of sp³-hybridized carbons (Fsp3) is 0.294. The molecule has 1 atom stereocenters. The number of alkyl halides is 1. The van der Waals surface area contributed by atoms with Crippen molar-refractivity contribution in [3.63, 3.8) is 0 Å². The number of hydrogen-bond acceptors (Lipinski definition) is 1. The first-order valence-electron chi connectivity index (χ1n) is 6.55. The third-order valence-corrected chi connectivity index (χ3v) is 3.85. The van der Waals surface area contributed by atoms with Crippen LogP contribution in [-0.2, 0) is 6.42 Å². The van der Waals surface area contributed by atoms with E-state index in [-0.39, 0.29) is 16.9 Å². The molecule has 0 amide bonds. The van der Waals surface area contributed by atoms with Crippen LogP contribution >= 0.6 is 11.6 Å². The highest BCUT2D eigenvalue weighted by Crippen LogP contribution is 2.30. The third kappa shape index (κ3) is 3.31. The molecule has 0 saturated carbocycles.